The Morgan fingerprint density at radius 2 is 1.85 bits per heavy atom. The van der Waals surface area contributed by atoms with Crippen LogP contribution in [0.4, 0.5) is 0 Å². The van der Waals surface area contributed by atoms with E-state index in [1.54, 1.807) is 24.3 Å². The number of benzene rings is 2. The minimum absolute atomic E-state index is 0.0417. The number of hydrogen-bond acceptors (Lipinski definition) is 5. The van der Waals surface area contributed by atoms with Crippen LogP contribution in [0.15, 0.2) is 60.0 Å². The predicted molar refractivity (Wildman–Crippen MR) is 96.2 cm³/mol. The van der Waals surface area contributed by atoms with Gasteiger partial charge in [-0.1, -0.05) is 42.0 Å². The number of phenols is 1. The number of ether oxygens (including phenoxy) is 1. The number of nitrogens with zero attached hydrogens (tertiary/aromatic N) is 2. The molecule has 0 aliphatic carbocycles. The molecule has 6 heteroatoms. The zero-order chi connectivity index (χ0) is 18.3. The number of phenolic OH excluding ortho intramolecular Hbond substituents is 1. The summed E-state index contributed by atoms with van der Waals surface area (Å²) in [5.74, 6) is 0.122. The van der Waals surface area contributed by atoms with Crippen molar-refractivity contribution in [2.45, 2.75) is 12.8 Å². The maximum absolute atomic E-state index is 9.66. The topological polar surface area (TPSA) is 108 Å². The van der Waals surface area contributed by atoms with Crippen molar-refractivity contribution in [3.63, 3.8) is 0 Å². The summed E-state index contributed by atoms with van der Waals surface area (Å²) >= 11 is 0. The number of aromatic nitrogens is 2. The van der Waals surface area contributed by atoms with Crippen LogP contribution in [-0.4, -0.2) is 15.3 Å². The van der Waals surface area contributed by atoms with E-state index in [-0.39, 0.29) is 11.6 Å². The first kappa shape index (κ1) is 15.8. The lowest BCUT2D eigenvalue weighted by Crippen LogP contribution is -2.20. The second-order valence-corrected chi connectivity index (χ2v) is 6.20. The first-order valence-electron chi connectivity index (χ1n) is 8.10. The summed E-state index contributed by atoms with van der Waals surface area (Å²) in [6.07, 6.45) is 0. The highest BCUT2D eigenvalue weighted by Crippen LogP contribution is 2.45. The van der Waals surface area contributed by atoms with Crippen LogP contribution >= 0.6 is 0 Å². The Labute approximate surface area is 150 Å². The second kappa shape index (κ2) is 5.97. The fourth-order valence-corrected chi connectivity index (χ4v) is 3.19. The Kier molecular flexibility index (Phi) is 3.63. The average molecular weight is 344 g/mol. The van der Waals surface area contributed by atoms with Crippen molar-refractivity contribution in [3.05, 3.63) is 76.7 Å². The van der Waals surface area contributed by atoms with Gasteiger partial charge < -0.3 is 15.6 Å². The molecule has 6 nitrogen and oxygen atoms in total. The first-order valence-corrected chi connectivity index (χ1v) is 8.10. The number of hydrogen-bond donors (Lipinski definition) is 3. The van der Waals surface area contributed by atoms with Crippen LogP contribution in [0.25, 0.3) is 11.3 Å². The van der Waals surface area contributed by atoms with E-state index in [1.807, 2.05) is 31.2 Å². The van der Waals surface area contributed by atoms with E-state index < -0.39 is 5.92 Å². The third-order valence-electron chi connectivity index (χ3n) is 4.51. The number of nitrogens with one attached hydrogen (secondary N) is 1. The Bertz CT molecular complexity index is 1040. The highest BCUT2D eigenvalue weighted by molar-refractivity contribution is 5.71. The summed E-state index contributed by atoms with van der Waals surface area (Å²) in [7, 11) is 0. The summed E-state index contributed by atoms with van der Waals surface area (Å²) in [4.78, 5) is 0. The van der Waals surface area contributed by atoms with E-state index in [0.717, 1.165) is 27.9 Å². The monoisotopic (exact) mass is 344 g/mol. The summed E-state index contributed by atoms with van der Waals surface area (Å²) < 4.78 is 5.58. The molecule has 4 N–H and O–H groups in total. The van der Waals surface area contributed by atoms with Gasteiger partial charge in [0.2, 0.25) is 11.8 Å². The van der Waals surface area contributed by atoms with E-state index in [0.29, 0.717) is 11.5 Å². The molecule has 1 atom stereocenters. The molecule has 0 saturated heterocycles. The number of fused-ring (bicyclic) bond motifs is 1. The number of aromatic amines is 1. The van der Waals surface area contributed by atoms with E-state index in [9.17, 15) is 10.4 Å². The fourth-order valence-electron chi connectivity index (χ4n) is 3.19. The molecule has 2 heterocycles. The zero-order valence-corrected chi connectivity index (χ0v) is 14.0. The number of aryl methyl sites for hydroxylation is 1. The lowest BCUT2D eigenvalue weighted by Gasteiger charge is -2.24. The highest BCUT2D eigenvalue weighted by atomic mass is 16.5. The van der Waals surface area contributed by atoms with Gasteiger partial charge in [0.25, 0.3) is 0 Å². The van der Waals surface area contributed by atoms with Gasteiger partial charge in [0, 0.05) is 5.56 Å². The van der Waals surface area contributed by atoms with Gasteiger partial charge in [0.1, 0.15) is 17.4 Å². The van der Waals surface area contributed by atoms with Gasteiger partial charge in [0.05, 0.1) is 17.2 Å². The smallest absolute Gasteiger partial charge is 0.244 e. The van der Waals surface area contributed by atoms with Crippen LogP contribution in [0.3, 0.4) is 0 Å². The molecule has 0 bridgehead atoms. The Balaban J connectivity index is 1.93. The van der Waals surface area contributed by atoms with Crippen LogP contribution in [0.1, 0.15) is 22.6 Å². The van der Waals surface area contributed by atoms with Gasteiger partial charge in [0.15, 0.2) is 0 Å². The lowest BCUT2D eigenvalue weighted by molar-refractivity contribution is 0.379. The van der Waals surface area contributed by atoms with Gasteiger partial charge >= 0.3 is 0 Å². The SMILES string of the molecule is Cc1ccc(-c2[nH]nc3c2C(c2ccc(O)cc2)C(C#N)=C(N)O3)cc1. The Morgan fingerprint density at radius 1 is 1.15 bits per heavy atom. The second-order valence-electron chi connectivity index (χ2n) is 6.20. The molecule has 1 aliphatic heterocycles. The maximum Gasteiger partial charge on any atom is 0.244 e. The minimum atomic E-state index is -0.431. The van der Waals surface area contributed by atoms with Crippen molar-refractivity contribution in [1.29, 1.82) is 5.26 Å². The van der Waals surface area contributed by atoms with Crippen LogP contribution in [0, 0.1) is 18.3 Å². The van der Waals surface area contributed by atoms with E-state index in [2.05, 4.69) is 16.3 Å². The number of allylic oxidation sites excluding steroid dienone is 1. The lowest BCUT2D eigenvalue weighted by atomic mass is 9.83. The minimum Gasteiger partial charge on any atom is -0.508 e. The normalized spacial score (nSPS) is 15.9. The molecule has 128 valence electrons. The summed E-state index contributed by atoms with van der Waals surface area (Å²) in [5, 5.41) is 26.5. The highest BCUT2D eigenvalue weighted by Gasteiger charge is 2.35. The van der Waals surface area contributed by atoms with Crippen LogP contribution < -0.4 is 10.5 Å². The Hall–Kier alpha value is -3.72. The van der Waals surface area contributed by atoms with Crippen LogP contribution in [0.5, 0.6) is 11.6 Å². The van der Waals surface area contributed by atoms with Gasteiger partial charge in [-0.25, -0.2) is 0 Å². The molecule has 0 spiro atoms. The van der Waals surface area contributed by atoms with E-state index >= 15 is 0 Å². The number of nitrogens with two attached hydrogens (primary N) is 1. The van der Waals surface area contributed by atoms with Crippen molar-refractivity contribution < 1.29 is 9.84 Å². The number of H-pyrrole nitrogens is 1. The third-order valence-corrected chi connectivity index (χ3v) is 4.51. The molecule has 0 fully saturated rings. The molecule has 0 radical (unpaired) electrons. The molecule has 3 aromatic rings. The van der Waals surface area contributed by atoms with Gasteiger partial charge in [-0.3, -0.25) is 5.10 Å². The van der Waals surface area contributed by atoms with Crippen molar-refractivity contribution in [2.24, 2.45) is 5.73 Å². The number of nitriles is 1. The molecule has 0 saturated carbocycles. The number of rotatable bonds is 2. The molecule has 1 aromatic heterocycles. The summed E-state index contributed by atoms with van der Waals surface area (Å²) in [6.45, 7) is 2.02. The number of aromatic hydroxyl groups is 1. The molecule has 4 rings (SSSR count). The van der Waals surface area contributed by atoms with Crippen molar-refractivity contribution in [3.8, 4) is 29.0 Å². The largest absolute Gasteiger partial charge is 0.508 e. The fraction of sp³-hybridized carbons (Fsp3) is 0.100. The van der Waals surface area contributed by atoms with Crippen molar-refractivity contribution in [2.75, 3.05) is 0 Å². The van der Waals surface area contributed by atoms with Gasteiger partial charge in [-0.2, -0.15) is 5.26 Å². The molecule has 1 aliphatic rings. The zero-order valence-electron chi connectivity index (χ0n) is 14.0. The predicted octanol–water partition coefficient (Wildman–Crippen LogP) is 3.31. The molecule has 0 amide bonds. The van der Waals surface area contributed by atoms with Crippen molar-refractivity contribution in [1.82, 2.24) is 10.2 Å². The summed E-state index contributed by atoms with van der Waals surface area (Å²) in [5.41, 5.74) is 10.7. The summed E-state index contributed by atoms with van der Waals surface area (Å²) in [6, 6.07) is 16.9. The molecule has 2 aromatic carbocycles. The van der Waals surface area contributed by atoms with Gasteiger partial charge in [-0.05, 0) is 24.6 Å². The average Bonchev–Trinajstić information content (AvgIpc) is 3.05. The third kappa shape index (κ3) is 2.47. The molecule has 1 unspecified atom stereocenters. The van der Waals surface area contributed by atoms with Crippen molar-refractivity contribution >= 4 is 0 Å². The first-order chi connectivity index (χ1) is 12.6. The molecular formula is C20H16N4O2. The quantitative estimate of drug-likeness (QED) is 0.661. The Morgan fingerprint density at radius 3 is 2.50 bits per heavy atom. The maximum atomic E-state index is 9.66. The molecular weight excluding hydrogens is 328 g/mol. The van der Waals surface area contributed by atoms with E-state index in [1.165, 1.54) is 0 Å². The standard InChI is InChI=1S/C20H16N4O2/c1-11-2-4-13(5-3-11)18-17-16(12-6-8-14(25)9-7-12)15(10-21)19(22)26-20(17)24-23-18/h2-9,16,25H,22H2,1H3,(H,23,24). The van der Waals surface area contributed by atoms with Crippen LogP contribution in [0.2, 0.25) is 0 Å². The van der Waals surface area contributed by atoms with E-state index in [4.69, 9.17) is 10.5 Å². The van der Waals surface area contributed by atoms with Crippen LogP contribution in [-0.2, 0) is 0 Å². The van der Waals surface area contributed by atoms with Gasteiger partial charge in [-0.15, -0.1) is 5.10 Å². The molecule has 26 heavy (non-hydrogen) atoms.